The van der Waals surface area contributed by atoms with E-state index in [1.807, 2.05) is 0 Å². The highest BCUT2D eigenvalue weighted by atomic mass is 16.3. The summed E-state index contributed by atoms with van der Waals surface area (Å²) in [5, 5.41) is 11.4. The minimum absolute atomic E-state index is 0.0416. The number of aliphatic hydroxyl groups is 1. The second-order valence-electron chi connectivity index (χ2n) is 11.3. The maximum Gasteiger partial charge on any atom is 0.201 e. The average molecular weight is 477 g/mol. The molecule has 184 valence electrons. The standard InChI is InChI=1S/C34H36O2/c1-17(2)23-11-9-19(5)29-25(15-23)21(7)13-27(29)31-33(35)32(34(31)36)28-14-22(8)26-16-24(18(3)4)12-10-20(6)30(26)28/h9-13,15-18,35H,14H2,1-8H3. The predicted molar refractivity (Wildman–Crippen MR) is 150 cm³/mol. The largest absolute Gasteiger partial charge is 0.506 e. The summed E-state index contributed by atoms with van der Waals surface area (Å²) in [7, 11) is 0. The van der Waals surface area contributed by atoms with Crippen molar-refractivity contribution >= 4 is 11.4 Å². The van der Waals surface area contributed by atoms with Crippen molar-refractivity contribution in [1.82, 2.24) is 0 Å². The summed E-state index contributed by atoms with van der Waals surface area (Å²) < 4.78 is 0. The fraction of sp³-hybridized carbons (Fsp3) is 0.324. The molecule has 2 heteroatoms. The number of Topliss-reactive ketones (excluding diaryl/α,β-unsaturated/α-hetero) is 1. The Hall–Kier alpha value is -3.39. The highest BCUT2D eigenvalue weighted by Gasteiger charge is 2.41. The lowest BCUT2D eigenvalue weighted by Gasteiger charge is -2.25. The van der Waals surface area contributed by atoms with E-state index in [9.17, 15) is 9.90 Å². The first-order valence-electron chi connectivity index (χ1n) is 13.1. The van der Waals surface area contributed by atoms with E-state index in [-0.39, 0.29) is 11.5 Å². The zero-order valence-electron chi connectivity index (χ0n) is 22.8. The minimum atomic E-state index is -0.0416. The van der Waals surface area contributed by atoms with Gasteiger partial charge in [0.25, 0.3) is 0 Å². The van der Waals surface area contributed by atoms with E-state index >= 15 is 0 Å². The van der Waals surface area contributed by atoms with Gasteiger partial charge in [-0.05, 0) is 113 Å². The molecule has 0 saturated carbocycles. The molecule has 0 heterocycles. The van der Waals surface area contributed by atoms with E-state index in [1.165, 1.54) is 22.3 Å². The molecule has 0 saturated heterocycles. The van der Waals surface area contributed by atoms with Gasteiger partial charge in [-0.2, -0.15) is 0 Å². The number of allylic oxidation sites excluding steroid dienone is 11. The summed E-state index contributed by atoms with van der Waals surface area (Å²) in [4.78, 5) is 13.8. The number of hydrogen-bond acceptors (Lipinski definition) is 2. The van der Waals surface area contributed by atoms with Crippen molar-refractivity contribution in [3.63, 3.8) is 0 Å². The van der Waals surface area contributed by atoms with Crippen LogP contribution in [-0.4, -0.2) is 10.9 Å². The topological polar surface area (TPSA) is 37.3 Å². The Morgan fingerprint density at radius 1 is 0.806 bits per heavy atom. The van der Waals surface area contributed by atoms with Gasteiger partial charge in [0.05, 0.1) is 11.1 Å². The molecule has 0 aliphatic heterocycles. The normalized spacial score (nSPS) is 20.2. The van der Waals surface area contributed by atoms with Crippen LogP contribution in [0.25, 0.3) is 16.7 Å². The van der Waals surface area contributed by atoms with Crippen molar-refractivity contribution in [1.29, 1.82) is 0 Å². The molecule has 0 spiro atoms. The Morgan fingerprint density at radius 2 is 1.53 bits per heavy atom. The van der Waals surface area contributed by atoms with Crippen LogP contribution in [0, 0.1) is 19.8 Å². The molecule has 2 nitrogen and oxygen atoms in total. The van der Waals surface area contributed by atoms with Gasteiger partial charge in [0.15, 0.2) is 0 Å². The fourth-order valence-electron chi connectivity index (χ4n) is 5.89. The summed E-state index contributed by atoms with van der Waals surface area (Å²) in [5.74, 6) is 0.938. The lowest BCUT2D eigenvalue weighted by molar-refractivity contribution is -0.111. The summed E-state index contributed by atoms with van der Waals surface area (Å²) in [6.07, 6.45) is 7.31. The Bertz CT molecular complexity index is 1490. The Morgan fingerprint density at radius 3 is 2.17 bits per heavy atom. The van der Waals surface area contributed by atoms with Crippen molar-refractivity contribution in [3.05, 3.63) is 110 Å². The highest BCUT2D eigenvalue weighted by Crippen LogP contribution is 2.51. The first-order chi connectivity index (χ1) is 17.0. The fourth-order valence-corrected chi connectivity index (χ4v) is 5.89. The van der Waals surface area contributed by atoms with Gasteiger partial charge in [0, 0.05) is 0 Å². The van der Waals surface area contributed by atoms with E-state index in [1.54, 1.807) is 0 Å². The molecule has 0 bridgehead atoms. The van der Waals surface area contributed by atoms with Gasteiger partial charge >= 0.3 is 0 Å². The van der Waals surface area contributed by atoms with Gasteiger partial charge < -0.3 is 5.11 Å². The smallest absolute Gasteiger partial charge is 0.201 e. The molecule has 5 aliphatic rings. The molecule has 0 atom stereocenters. The van der Waals surface area contributed by atoms with E-state index in [2.05, 4.69) is 97.9 Å². The lowest BCUT2D eigenvalue weighted by atomic mass is 9.78. The minimum Gasteiger partial charge on any atom is -0.506 e. The summed E-state index contributed by atoms with van der Waals surface area (Å²) >= 11 is 0. The molecular weight excluding hydrogens is 440 g/mol. The summed E-state index contributed by atoms with van der Waals surface area (Å²) in [6.45, 7) is 17.2. The maximum absolute atomic E-state index is 13.8. The number of ketones is 1. The molecule has 5 aliphatic carbocycles. The van der Waals surface area contributed by atoms with Crippen LogP contribution in [0.5, 0.6) is 0 Å². The van der Waals surface area contributed by atoms with Crippen LogP contribution in [0.4, 0.5) is 0 Å². The van der Waals surface area contributed by atoms with Crippen LogP contribution in [-0.2, 0) is 4.79 Å². The number of fused-ring (bicyclic) bond motifs is 2. The molecular formula is C34H36O2. The molecule has 0 fully saturated rings. The van der Waals surface area contributed by atoms with Crippen LogP contribution in [0.15, 0.2) is 87.3 Å². The molecule has 1 N–H and O–H groups in total. The van der Waals surface area contributed by atoms with Gasteiger partial charge in [0.2, 0.25) is 5.78 Å². The number of rotatable bonds is 3. The number of aliphatic hydroxyl groups excluding tert-OH is 1. The second-order valence-corrected chi connectivity index (χ2v) is 11.3. The summed E-state index contributed by atoms with van der Waals surface area (Å²) in [6, 6.07) is 8.64. The monoisotopic (exact) mass is 476 g/mol. The van der Waals surface area contributed by atoms with Gasteiger partial charge in [-0.15, -0.1) is 0 Å². The quantitative estimate of drug-likeness (QED) is 0.449. The third-order valence-electron chi connectivity index (χ3n) is 8.09. The van der Waals surface area contributed by atoms with Crippen LogP contribution in [0.1, 0.15) is 76.1 Å². The van der Waals surface area contributed by atoms with E-state index in [4.69, 9.17) is 0 Å². The third kappa shape index (κ3) is 3.58. The Kier molecular flexibility index (Phi) is 5.82. The van der Waals surface area contributed by atoms with E-state index in [0.29, 0.717) is 29.4 Å². The Labute approximate surface area is 215 Å². The lowest BCUT2D eigenvalue weighted by Crippen LogP contribution is -2.23. The van der Waals surface area contributed by atoms with Gasteiger partial charge in [0.1, 0.15) is 5.76 Å². The average Bonchev–Trinajstić information content (AvgIpc) is 3.11. The van der Waals surface area contributed by atoms with Crippen molar-refractivity contribution in [2.45, 2.75) is 67.7 Å². The van der Waals surface area contributed by atoms with Gasteiger partial charge in [-0.25, -0.2) is 0 Å². The zero-order chi connectivity index (χ0) is 26.0. The second kappa shape index (κ2) is 8.62. The first kappa shape index (κ1) is 24.3. The number of aryl methyl sites for hydroxylation is 2. The van der Waals surface area contributed by atoms with Crippen LogP contribution >= 0.6 is 0 Å². The predicted octanol–water partition coefficient (Wildman–Crippen LogP) is 8.87. The maximum atomic E-state index is 13.8. The van der Waals surface area contributed by atoms with Crippen LogP contribution in [0.2, 0.25) is 0 Å². The molecule has 36 heavy (non-hydrogen) atoms. The van der Waals surface area contributed by atoms with Crippen molar-refractivity contribution in [3.8, 4) is 11.1 Å². The summed E-state index contributed by atoms with van der Waals surface area (Å²) in [5.41, 5.74) is 14.5. The van der Waals surface area contributed by atoms with Crippen LogP contribution in [0.3, 0.4) is 0 Å². The number of hydrogen-bond donors (Lipinski definition) is 1. The molecule has 5 rings (SSSR count). The van der Waals surface area contributed by atoms with E-state index in [0.717, 1.165) is 44.5 Å². The molecule has 0 radical (unpaired) electrons. The van der Waals surface area contributed by atoms with Gasteiger partial charge in [-0.3, -0.25) is 4.79 Å². The van der Waals surface area contributed by atoms with Crippen molar-refractivity contribution in [2.75, 3.05) is 0 Å². The third-order valence-corrected chi connectivity index (χ3v) is 8.09. The molecule has 0 amide bonds. The molecule has 0 aromatic carbocycles. The van der Waals surface area contributed by atoms with Gasteiger partial charge in [-0.1, -0.05) is 69.7 Å². The Balaban J connectivity index is 1.66. The van der Waals surface area contributed by atoms with E-state index < -0.39 is 0 Å². The van der Waals surface area contributed by atoms with Crippen LogP contribution < -0.4 is 0 Å². The van der Waals surface area contributed by atoms with Crippen molar-refractivity contribution < 1.29 is 9.90 Å². The zero-order valence-corrected chi connectivity index (χ0v) is 22.8. The van der Waals surface area contributed by atoms with Crippen molar-refractivity contribution in [2.24, 2.45) is 5.92 Å². The number of carbonyl (C=O) groups excluding carboxylic acids is 1. The molecule has 0 aromatic heterocycles. The molecule has 0 unspecified atom stereocenters. The number of carbonyl (C=O) groups is 1. The highest BCUT2D eigenvalue weighted by molar-refractivity contribution is 6.40. The first-order valence-corrected chi connectivity index (χ1v) is 13.1. The SMILES string of the molecule is CC1=C2C(=C(C)CC2=C2C(=O)C(c3cc(C)c4cc(C(C)C)ccc(C)c3-4)=C2O)C=C(C(C)C)C=C1. The molecule has 0 aromatic rings.